The summed E-state index contributed by atoms with van der Waals surface area (Å²) < 4.78 is 7.69. The topological polar surface area (TPSA) is 26.3 Å². The van der Waals surface area contributed by atoms with Gasteiger partial charge in [-0.3, -0.25) is 0 Å². The molecule has 3 aromatic rings. The van der Waals surface area contributed by atoms with Gasteiger partial charge in [-0.1, -0.05) is 0 Å². The first kappa shape index (κ1) is 15.8. The van der Waals surface area contributed by atoms with Crippen LogP contribution in [0.3, 0.4) is 0 Å². The van der Waals surface area contributed by atoms with E-state index < -0.39 is 0 Å². The second kappa shape index (κ2) is 6.99. The van der Waals surface area contributed by atoms with Crippen LogP contribution in [-0.4, -0.2) is 27.5 Å². The van der Waals surface area contributed by atoms with Gasteiger partial charge in [0.15, 0.2) is 0 Å². The van der Waals surface area contributed by atoms with Gasteiger partial charge in [-0.2, -0.15) is 0 Å². The molecular formula is C20H18O2Se. The van der Waals surface area contributed by atoms with E-state index in [1.54, 1.807) is 0 Å². The molecule has 0 spiro atoms. The average molecular weight is 369 g/mol. The van der Waals surface area contributed by atoms with E-state index in [-0.39, 0.29) is 20.9 Å². The summed E-state index contributed by atoms with van der Waals surface area (Å²) in [7, 11) is 0. The molecule has 0 aliphatic heterocycles. The second-order valence-corrected chi connectivity index (χ2v) is 7.55. The van der Waals surface area contributed by atoms with Crippen LogP contribution in [0.25, 0.3) is 10.8 Å². The van der Waals surface area contributed by atoms with E-state index in [0.29, 0.717) is 12.2 Å². The van der Waals surface area contributed by atoms with Crippen LogP contribution in [0.1, 0.15) is 22.8 Å². The SMILES string of the molecule is CCOC(=O)c1ccc([Se]c2c(C)ccc3ccccc23)cc1. The normalized spacial score (nSPS) is 10.7. The maximum atomic E-state index is 11.7. The molecule has 0 saturated heterocycles. The third-order valence-corrected chi connectivity index (χ3v) is 6.29. The summed E-state index contributed by atoms with van der Waals surface area (Å²) >= 11 is 0.206. The first-order valence-electron chi connectivity index (χ1n) is 7.62. The van der Waals surface area contributed by atoms with Crippen molar-refractivity contribution in [3.05, 3.63) is 71.8 Å². The zero-order valence-corrected chi connectivity index (χ0v) is 14.9. The van der Waals surface area contributed by atoms with Gasteiger partial charge in [0.1, 0.15) is 0 Å². The Balaban J connectivity index is 1.90. The number of rotatable bonds is 4. The average Bonchev–Trinajstić information content (AvgIpc) is 2.58. The van der Waals surface area contributed by atoms with Gasteiger partial charge in [-0.25, -0.2) is 0 Å². The molecule has 0 N–H and O–H groups in total. The first-order chi connectivity index (χ1) is 11.2. The number of ether oxygens (including phenoxy) is 1. The molecule has 0 radical (unpaired) electrons. The summed E-state index contributed by atoms with van der Waals surface area (Å²) in [4.78, 5) is 11.7. The fourth-order valence-corrected chi connectivity index (χ4v) is 4.65. The van der Waals surface area contributed by atoms with Gasteiger partial charge in [0.05, 0.1) is 0 Å². The number of esters is 1. The van der Waals surface area contributed by atoms with Crippen molar-refractivity contribution in [3.63, 3.8) is 0 Å². The standard InChI is InChI=1S/C20H18O2Se/c1-3-22-20(21)16-10-12-17(13-11-16)23-19-14(2)8-9-15-6-4-5-7-18(15)19/h4-13H,3H2,1-2H3. The second-order valence-electron chi connectivity index (χ2n) is 5.28. The molecule has 0 unspecified atom stereocenters. The number of carbonyl (C=O) groups excluding carboxylic acids is 1. The number of benzene rings is 3. The van der Waals surface area contributed by atoms with Gasteiger partial charge in [0.2, 0.25) is 0 Å². The predicted octanol–water partition coefficient (Wildman–Crippen LogP) is 2.98. The zero-order valence-electron chi connectivity index (χ0n) is 13.2. The van der Waals surface area contributed by atoms with Crippen LogP contribution < -0.4 is 8.92 Å². The van der Waals surface area contributed by atoms with Crippen molar-refractivity contribution in [2.24, 2.45) is 0 Å². The number of fused-ring (bicyclic) bond motifs is 1. The number of carbonyl (C=O) groups is 1. The molecule has 0 heterocycles. The molecule has 0 fully saturated rings. The van der Waals surface area contributed by atoms with Crippen molar-refractivity contribution in [3.8, 4) is 0 Å². The minimum atomic E-state index is -0.257. The zero-order chi connectivity index (χ0) is 16.2. The van der Waals surface area contributed by atoms with Crippen LogP contribution in [-0.2, 0) is 4.74 Å². The monoisotopic (exact) mass is 370 g/mol. The van der Waals surface area contributed by atoms with E-state index in [2.05, 4.69) is 43.3 Å². The van der Waals surface area contributed by atoms with Crippen molar-refractivity contribution in [1.29, 1.82) is 0 Å². The Morgan fingerprint density at radius 3 is 2.48 bits per heavy atom. The summed E-state index contributed by atoms with van der Waals surface area (Å²) in [5.41, 5.74) is 1.93. The van der Waals surface area contributed by atoms with Gasteiger partial charge in [0.25, 0.3) is 0 Å². The van der Waals surface area contributed by atoms with E-state index in [4.69, 9.17) is 4.74 Å². The van der Waals surface area contributed by atoms with Crippen LogP contribution in [0.15, 0.2) is 60.7 Å². The quantitative estimate of drug-likeness (QED) is 0.522. The van der Waals surface area contributed by atoms with Gasteiger partial charge < -0.3 is 0 Å². The Morgan fingerprint density at radius 1 is 1.00 bits per heavy atom. The van der Waals surface area contributed by atoms with E-state index in [1.807, 2.05) is 31.2 Å². The van der Waals surface area contributed by atoms with E-state index in [1.165, 1.54) is 25.3 Å². The summed E-state index contributed by atoms with van der Waals surface area (Å²) in [6.07, 6.45) is 0. The van der Waals surface area contributed by atoms with E-state index in [9.17, 15) is 4.79 Å². The third kappa shape index (κ3) is 3.47. The number of hydrogen-bond donors (Lipinski definition) is 0. The van der Waals surface area contributed by atoms with Gasteiger partial charge in [0, 0.05) is 0 Å². The number of aryl methyl sites for hydroxylation is 1. The first-order valence-corrected chi connectivity index (χ1v) is 9.33. The van der Waals surface area contributed by atoms with Crippen LogP contribution in [0.2, 0.25) is 0 Å². The molecule has 0 atom stereocenters. The molecule has 0 amide bonds. The van der Waals surface area contributed by atoms with Crippen LogP contribution in [0, 0.1) is 6.92 Å². The summed E-state index contributed by atoms with van der Waals surface area (Å²) in [6, 6.07) is 20.6. The van der Waals surface area contributed by atoms with Crippen LogP contribution in [0.5, 0.6) is 0 Å². The fourth-order valence-electron chi connectivity index (χ4n) is 2.48. The van der Waals surface area contributed by atoms with Crippen molar-refractivity contribution in [2.75, 3.05) is 6.61 Å². The molecule has 0 bridgehead atoms. The Labute approximate surface area is 142 Å². The molecule has 0 aromatic heterocycles. The summed E-state index contributed by atoms with van der Waals surface area (Å²) in [5.74, 6) is -0.257. The van der Waals surface area contributed by atoms with Gasteiger partial charge in [-0.15, -0.1) is 0 Å². The Bertz CT molecular complexity index is 838. The molecule has 116 valence electrons. The van der Waals surface area contributed by atoms with E-state index >= 15 is 0 Å². The van der Waals surface area contributed by atoms with Crippen LogP contribution >= 0.6 is 0 Å². The Hall–Kier alpha value is -2.09. The molecule has 3 heteroatoms. The summed E-state index contributed by atoms with van der Waals surface area (Å²) in [6.45, 7) is 4.38. The fraction of sp³-hybridized carbons (Fsp3) is 0.150. The maximum absolute atomic E-state index is 11.7. The Morgan fingerprint density at radius 2 is 1.74 bits per heavy atom. The third-order valence-electron chi connectivity index (χ3n) is 3.66. The molecule has 0 aliphatic rings. The molecule has 2 nitrogen and oxygen atoms in total. The van der Waals surface area contributed by atoms with Crippen molar-refractivity contribution < 1.29 is 9.53 Å². The van der Waals surface area contributed by atoms with Crippen molar-refractivity contribution >= 4 is 40.6 Å². The van der Waals surface area contributed by atoms with E-state index in [0.717, 1.165) is 0 Å². The molecule has 0 aliphatic carbocycles. The van der Waals surface area contributed by atoms with Crippen molar-refractivity contribution in [2.45, 2.75) is 13.8 Å². The molecule has 23 heavy (non-hydrogen) atoms. The molecule has 3 aromatic carbocycles. The van der Waals surface area contributed by atoms with Gasteiger partial charge in [-0.05, 0) is 0 Å². The molecular weight excluding hydrogens is 351 g/mol. The molecule has 3 rings (SSSR count). The van der Waals surface area contributed by atoms with Gasteiger partial charge >= 0.3 is 142 Å². The van der Waals surface area contributed by atoms with Crippen molar-refractivity contribution in [1.82, 2.24) is 0 Å². The summed E-state index contributed by atoms with van der Waals surface area (Å²) in [5, 5.41) is 2.60. The minimum absolute atomic E-state index is 0.206. The predicted molar refractivity (Wildman–Crippen MR) is 96.1 cm³/mol. The number of hydrogen-bond acceptors (Lipinski definition) is 2. The Kier molecular flexibility index (Phi) is 4.80. The van der Waals surface area contributed by atoms with Crippen LogP contribution in [0.4, 0.5) is 0 Å². The molecule has 0 saturated carbocycles.